The Balaban J connectivity index is 2.14. The summed E-state index contributed by atoms with van der Waals surface area (Å²) in [5.74, 6) is -1.74. The van der Waals surface area contributed by atoms with Crippen LogP contribution in [-0.4, -0.2) is 26.8 Å². The lowest BCUT2D eigenvalue weighted by atomic mass is 10.2. The van der Waals surface area contributed by atoms with Gasteiger partial charge in [-0.3, -0.25) is 0 Å². The van der Waals surface area contributed by atoms with Crippen LogP contribution in [0.1, 0.15) is 33.1 Å². The van der Waals surface area contributed by atoms with Crippen molar-refractivity contribution in [3.05, 3.63) is 29.8 Å². The van der Waals surface area contributed by atoms with Crippen LogP contribution in [0.5, 0.6) is 0 Å². The zero-order valence-electron chi connectivity index (χ0n) is 12.3. The molecule has 0 heterocycles. The molecule has 0 amide bonds. The highest BCUT2D eigenvalue weighted by molar-refractivity contribution is 7.90. The van der Waals surface area contributed by atoms with Crippen LogP contribution in [0.3, 0.4) is 0 Å². The number of hydrogen-bond donors (Lipinski definition) is 2. The molecule has 4 nitrogen and oxygen atoms in total. The van der Waals surface area contributed by atoms with Gasteiger partial charge in [0, 0.05) is 18.8 Å². The second-order valence-electron chi connectivity index (χ2n) is 5.10. The number of sulfonamides is 1. The Bertz CT molecular complexity index is 548. The smallest absolute Gasteiger partial charge is 0.213 e. The second kappa shape index (κ2) is 8.29. The van der Waals surface area contributed by atoms with E-state index in [2.05, 4.69) is 10.0 Å². The molecule has 1 aromatic carbocycles. The topological polar surface area (TPSA) is 58.2 Å². The van der Waals surface area contributed by atoms with Crippen LogP contribution < -0.4 is 10.0 Å². The maximum Gasteiger partial charge on any atom is 0.213 e. The van der Waals surface area contributed by atoms with Crippen LogP contribution in [-0.2, 0) is 10.0 Å². The second-order valence-corrected chi connectivity index (χ2v) is 7.43. The molecule has 1 aromatic rings. The zero-order valence-corrected chi connectivity index (χ0v) is 13.1. The number of unbranched alkanes of at least 4 members (excludes halogenated alkanes) is 2. The minimum Gasteiger partial charge on any atom is -0.385 e. The van der Waals surface area contributed by atoms with E-state index in [9.17, 15) is 17.2 Å². The lowest BCUT2D eigenvalue weighted by Gasteiger charge is -2.09. The van der Waals surface area contributed by atoms with Crippen LogP contribution in [0.15, 0.2) is 18.2 Å². The Hall–Kier alpha value is -1.21. The molecule has 0 aromatic heterocycles. The molecule has 0 fully saturated rings. The van der Waals surface area contributed by atoms with Gasteiger partial charge in [-0.2, -0.15) is 0 Å². The average Bonchev–Trinajstić information content (AvgIpc) is 2.41. The van der Waals surface area contributed by atoms with Gasteiger partial charge in [-0.1, -0.05) is 6.42 Å². The summed E-state index contributed by atoms with van der Waals surface area (Å²) in [4.78, 5) is 0. The van der Waals surface area contributed by atoms with Gasteiger partial charge >= 0.3 is 0 Å². The number of anilines is 1. The highest BCUT2D eigenvalue weighted by Gasteiger charge is 2.13. The molecule has 7 heteroatoms. The molecule has 0 radical (unpaired) electrons. The van der Waals surface area contributed by atoms with Crippen molar-refractivity contribution in [1.82, 2.24) is 4.72 Å². The molecular formula is C14H22F2N2O2S. The van der Waals surface area contributed by atoms with E-state index in [-0.39, 0.29) is 0 Å². The number of halogens is 2. The highest BCUT2D eigenvalue weighted by atomic mass is 32.2. The van der Waals surface area contributed by atoms with Crippen molar-refractivity contribution in [1.29, 1.82) is 0 Å². The molecule has 0 atom stereocenters. The number of rotatable bonds is 9. The SMILES string of the molecule is CC(C)S(=O)(=O)NCCCCCNc1ccc(F)c(F)c1. The van der Waals surface area contributed by atoms with Gasteiger partial charge in [-0.25, -0.2) is 21.9 Å². The van der Waals surface area contributed by atoms with E-state index in [1.807, 2.05) is 0 Å². The maximum atomic E-state index is 13.0. The van der Waals surface area contributed by atoms with Gasteiger partial charge in [0.25, 0.3) is 0 Å². The quantitative estimate of drug-likeness (QED) is 0.688. The summed E-state index contributed by atoms with van der Waals surface area (Å²) >= 11 is 0. The van der Waals surface area contributed by atoms with E-state index >= 15 is 0 Å². The lowest BCUT2D eigenvalue weighted by Crippen LogP contribution is -2.31. The fourth-order valence-corrected chi connectivity index (χ4v) is 2.41. The van der Waals surface area contributed by atoms with Crippen molar-refractivity contribution >= 4 is 15.7 Å². The molecular weight excluding hydrogens is 298 g/mol. The van der Waals surface area contributed by atoms with Gasteiger partial charge in [0.15, 0.2) is 11.6 Å². The lowest BCUT2D eigenvalue weighted by molar-refractivity contribution is 0.509. The minimum atomic E-state index is -3.19. The van der Waals surface area contributed by atoms with Crippen LogP contribution in [0, 0.1) is 11.6 Å². The van der Waals surface area contributed by atoms with Crippen LogP contribution in [0.4, 0.5) is 14.5 Å². The average molecular weight is 320 g/mol. The molecule has 0 saturated heterocycles. The van der Waals surface area contributed by atoms with Gasteiger partial charge in [0.05, 0.1) is 5.25 Å². The molecule has 2 N–H and O–H groups in total. The fourth-order valence-electron chi connectivity index (χ4n) is 1.65. The van der Waals surface area contributed by atoms with Crippen LogP contribution in [0.2, 0.25) is 0 Å². The molecule has 1 rings (SSSR count). The first-order valence-electron chi connectivity index (χ1n) is 7.00. The van der Waals surface area contributed by atoms with Crippen LogP contribution >= 0.6 is 0 Å². The third-order valence-corrected chi connectivity index (χ3v) is 4.87. The predicted molar refractivity (Wildman–Crippen MR) is 80.8 cm³/mol. The largest absolute Gasteiger partial charge is 0.385 e. The van der Waals surface area contributed by atoms with E-state index in [4.69, 9.17) is 0 Å². The van der Waals surface area contributed by atoms with Crippen molar-refractivity contribution in [2.24, 2.45) is 0 Å². The van der Waals surface area contributed by atoms with Gasteiger partial charge in [0.1, 0.15) is 0 Å². The highest BCUT2D eigenvalue weighted by Crippen LogP contribution is 2.13. The van der Waals surface area contributed by atoms with Crippen molar-refractivity contribution in [2.75, 3.05) is 18.4 Å². The molecule has 0 unspecified atom stereocenters. The Morgan fingerprint density at radius 1 is 1.05 bits per heavy atom. The van der Waals surface area contributed by atoms with Crippen molar-refractivity contribution < 1.29 is 17.2 Å². The van der Waals surface area contributed by atoms with E-state index in [1.165, 1.54) is 6.07 Å². The molecule has 0 aliphatic heterocycles. The summed E-state index contributed by atoms with van der Waals surface area (Å²) in [6.07, 6.45) is 2.41. The van der Waals surface area contributed by atoms with Gasteiger partial charge < -0.3 is 5.32 Å². The van der Waals surface area contributed by atoms with Crippen molar-refractivity contribution in [3.63, 3.8) is 0 Å². The number of hydrogen-bond acceptors (Lipinski definition) is 3. The van der Waals surface area contributed by atoms with Gasteiger partial charge in [-0.15, -0.1) is 0 Å². The van der Waals surface area contributed by atoms with Gasteiger partial charge in [-0.05, 0) is 44.9 Å². The van der Waals surface area contributed by atoms with E-state index < -0.39 is 26.9 Å². The normalized spacial score (nSPS) is 11.9. The predicted octanol–water partition coefficient (Wildman–Crippen LogP) is 2.87. The zero-order chi connectivity index (χ0) is 15.9. The minimum absolute atomic E-state index is 0.422. The third kappa shape index (κ3) is 6.39. The Kier molecular flexibility index (Phi) is 7.04. The number of nitrogens with one attached hydrogen (secondary N) is 2. The summed E-state index contributed by atoms with van der Waals surface area (Å²) in [7, 11) is -3.19. The Morgan fingerprint density at radius 2 is 1.71 bits per heavy atom. The van der Waals surface area contributed by atoms with E-state index in [1.54, 1.807) is 13.8 Å². The maximum absolute atomic E-state index is 13.0. The van der Waals surface area contributed by atoms with Crippen molar-refractivity contribution in [2.45, 2.75) is 38.4 Å². The van der Waals surface area contributed by atoms with E-state index in [0.29, 0.717) is 18.8 Å². The summed E-state index contributed by atoms with van der Waals surface area (Å²) in [5.41, 5.74) is 0.536. The van der Waals surface area contributed by atoms with Crippen LogP contribution in [0.25, 0.3) is 0 Å². The van der Waals surface area contributed by atoms with Crippen molar-refractivity contribution in [3.8, 4) is 0 Å². The first-order chi connectivity index (χ1) is 9.83. The summed E-state index contributed by atoms with van der Waals surface area (Å²) < 4.78 is 51.2. The Morgan fingerprint density at radius 3 is 2.33 bits per heavy atom. The Labute approximate surface area is 125 Å². The molecule has 120 valence electrons. The first-order valence-corrected chi connectivity index (χ1v) is 8.55. The summed E-state index contributed by atoms with van der Waals surface area (Å²) in [6.45, 7) is 4.32. The monoisotopic (exact) mass is 320 g/mol. The summed E-state index contributed by atoms with van der Waals surface area (Å²) in [6, 6.07) is 3.68. The fraction of sp³-hybridized carbons (Fsp3) is 0.571. The summed E-state index contributed by atoms with van der Waals surface area (Å²) in [5, 5.41) is 2.57. The molecule has 0 saturated carbocycles. The van der Waals surface area contributed by atoms with Gasteiger partial charge in [0.2, 0.25) is 10.0 Å². The molecule has 21 heavy (non-hydrogen) atoms. The molecule has 0 bridgehead atoms. The number of benzene rings is 1. The molecule has 0 spiro atoms. The standard InChI is InChI=1S/C14H22F2N2O2S/c1-11(2)21(19,20)18-9-5-3-4-8-17-12-6-7-13(15)14(16)10-12/h6-7,10-11,17-18H,3-5,8-9H2,1-2H3. The van der Waals surface area contributed by atoms with E-state index in [0.717, 1.165) is 31.4 Å². The third-order valence-electron chi connectivity index (χ3n) is 3.03. The molecule has 0 aliphatic rings. The first kappa shape index (κ1) is 17.8. The molecule has 0 aliphatic carbocycles.